The number of hydrogen-bond donors (Lipinski definition) is 0. The van der Waals surface area contributed by atoms with Gasteiger partial charge in [0.25, 0.3) is 0 Å². The molecule has 146 valence electrons. The van der Waals surface area contributed by atoms with Crippen LogP contribution in [0.25, 0.3) is 0 Å². The zero-order chi connectivity index (χ0) is 18.4. The van der Waals surface area contributed by atoms with Crippen LogP contribution in [0.1, 0.15) is 18.5 Å². The Balaban J connectivity index is 1.71. The number of fused-ring (bicyclic) bond motifs is 3. The Labute approximate surface area is 167 Å². The summed E-state index contributed by atoms with van der Waals surface area (Å²) < 4.78 is -0.798. The standard InChI is InChI=1S/C19H31Cl2N5/c1-23-10-6-19(20,21)26-15-13-24(12-11-23)8-4-9-25(14-16-26)17-18-5-2-3-7-22-18/h2-3,5,7H,4,6,8-17H2,1H3. The molecule has 2 aliphatic rings. The summed E-state index contributed by atoms with van der Waals surface area (Å²) in [6.45, 7) is 10.0. The molecule has 0 N–H and O–H groups in total. The number of alkyl halides is 2. The summed E-state index contributed by atoms with van der Waals surface area (Å²) in [7, 11) is 2.16. The summed E-state index contributed by atoms with van der Waals surface area (Å²) >= 11 is 13.5. The molecule has 1 aromatic rings. The van der Waals surface area contributed by atoms with Crippen LogP contribution in [0.15, 0.2) is 24.4 Å². The van der Waals surface area contributed by atoms with Crippen LogP contribution in [0.4, 0.5) is 0 Å². The number of hydrogen-bond acceptors (Lipinski definition) is 5. The topological polar surface area (TPSA) is 25.9 Å². The average Bonchev–Trinajstić information content (AvgIpc) is 2.63. The minimum atomic E-state index is -0.798. The fourth-order valence-electron chi connectivity index (χ4n) is 3.71. The van der Waals surface area contributed by atoms with Crippen molar-refractivity contribution in [3.05, 3.63) is 30.1 Å². The highest BCUT2D eigenvalue weighted by atomic mass is 35.5. The lowest BCUT2D eigenvalue weighted by Gasteiger charge is -2.40. The molecule has 2 saturated heterocycles. The fraction of sp³-hybridized carbons (Fsp3) is 0.737. The lowest BCUT2D eigenvalue weighted by Crippen LogP contribution is -2.51. The monoisotopic (exact) mass is 399 g/mol. The van der Waals surface area contributed by atoms with Crippen molar-refractivity contribution in [2.24, 2.45) is 0 Å². The zero-order valence-corrected chi connectivity index (χ0v) is 17.3. The van der Waals surface area contributed by atoms with Gasteiger partial charge in [0.1, 0.15) is 0 Å². The first-order valence-electron chi connectivity index (χ1n) is 9.69. The van der Waals surface area contributed by atoms with Crippen LogP contribution in [0.5, 0.6) is 0 Å². The Morgan fingerprint density at radius 2 is 1.77 bits per heavy atom. The second-order valence-corrected chi connectivity index (χ2v) is 8.94. The van der Waals surface area contributed by atoms with Crippen molar-refractivity contribution in [2.75, 3.05) is 66.0 Å². The number of halogens is 2. The van der Waals surface area contributed by atoms with E-state index in [4.69, 9.17) is 23.2 Å². The van der Waals surface area contributed by atoms with Crippen molar-refractivity contribution >= 4 is 23.2 Å². The third-order valence-corrected chi connectivity index (χ3v) is 6.34. The van der Waals surface area contributed by atoms with Gasteiger partial charge in [-0.2, -0.15) is 0 Å². The summed E-state index contributed by atoms with van der Waals surface area (Å²) in [5, 5.41) is 0. The van der Waals surface area contributed by atoms with Gasteiger partial charge in [-0.15, -0.1) is 0 Å². The molecule has 5 nitrogen and oxygen atoms in total. The molecule has 26 heavy (non-hydrogen) atoms. The highest BCUT2D eigenvalue weighted by Gasteiger charge is 2.33. The molecule has 2 aliphatic heterocycles. The van der Waals surface area contributed by atoms with E-state index in [2.05, 4.69) is 43.8 Å². The summed E-state index contributed by atoms with van der Waals surface area (Å²) in [4.78, 5) is 14.1. The number of nitrogens with zero attached hydrogens (tertiary/aromatic N) is 5. The molecule has 3 rings (SSSR count). The van der Waals surface area contributed by atoms with Crippen LogP contribution in [-0.4, -0.2) is 95.0 Å². The van der Waals surface area contributed by atoms with Gasteiger partial charge in [-0.25, -0.2) is 0 Å². The van der Waals surface area contributed by atoms with E-state index in [9.17, 15) is 0 Å². The van der Waals surface area contributed by atoms with Gasteiger partial charge in [0.15, 0.2) is 4.46 Å². The summed E-state index contributed by atoms with van der Waals surface area (Å²) in [5.74, 6) is 0. The molecule has 2 bridgehead atoms. The highest BCUT2D eigenvalue weighted by Crippen LogP contribution is 2.30. The van der Waals surface area contributed by atoms with E-state index in [0.717, 1.165) is 77.6 Å². The van der Waals surface area contributed by atoms with E-state index in [1.54, 1.807) is 0 Å². The van der Waals surface area contributed by atoms with Crippen molar-refractivity contribution in [1.82, 2.24) is 24.6 Å². The number of pyridine rings is 1. The average molecular weight is 400 g/mol. The summed E-state index contributed by atoms with van der Waals surface area (Å²) in [6, 6.07) is 6.13. The van der Waals surface area contributed by atoms with Gasteiger partial charge >= 0.3 is 0 Å². The first-order valence-corrected chi connectivity index (χ1v) is 10.4. The number of rotatable bonds is 2. The van der Waals surface area contributed by atoms with Crippen molar-refractivity contribution < 1.29 is 0 Å². The SMILES string of the molecule is CN1CCN2CCCN(Cc3ccccn3)CCN(CC2)C(Cl)(Cl)CC1. The van der Waals surface area contributed by atoms with Crippen molar-refractivity contribution in [1.29, 1.82) is 0 Å². The van der Waals surface area contributed by atoms with Crippen LogP contribution in [0.3, 0.4) is 0 Å². The van der Waals surface area contributed by atoms with E-state index < -0.39 is 4.46 Å². The van der Waals surface area contributed by atoms with E-state index in [1.807, 2.05) is 12.3 Å². The Morgan fingerprint density at radius 3 is 2.58 bits per heavy atom. The fourth-order valence-corrected chi connectivity index (χ4v) is 4.22. The Hall–Kier alpha value is -0.430. The Bertz CT molecular complexity index is 542. The minimum Gasteiger partial charge on any atom is -0.305 e. The van der Waals surface area contributed by atoms with Gasteiger partial charge in [-0.1, -0.05) is 29.3 Å². The molecule has 2 unspecified atom stereocenters. The molecule has 0 aromatic carbocycles. The number of likely N-dealkylation sites (N-methyl/N-ethyl adjacent to an activating group) is 1. The number of aromatic nitrogens is 1. The van der Waals surface area contributed by atoms with Gasteiger partial charge in [0, 0.05) is 65.0 Å². The maximum Gasteiger partial charge on any atom is 0.172 e. The molecular weight excluding hydrogens is 369 g/mol. The molecule has 0 saturated carbocycles. The van der Waals surface area contributed by atoms with Crippen LogP contribution in [-0.2, 0) is 6.54 Å². The van der Waals surface area contributed by atoms with E-state index in [-0.39, 0.29) is 0 Å². The summed E-state index contributed by atoms with van der Waals surface area (Å²) in [6.07, 6.45) is 3.83. The smallest absolute Gasteiger partial charge is 0.172 e. The molecule has 3 heterocycles. The van der Waals surface area contributed by atoms with E-state index in [1.165, 1.54) is 6.42 Å². The quantitative estimate of drug-likeness (QED) is 0.561. The maximum atomic E-state index is 6.77. The molecular formula is C19H31Cl2N5. The highest BCUT2D eigenvalue weighted by molar-refractivity contribution is 6.48. The third-order valence-electron chi connectivity index (χ3n) is 5.49. The van der Waals surface area contributed by atoms with Gasteiger partial charge in [-0.3, -0.25) is 14.8 Å². The van der Waals surface area contributed by atoms with Gasteiger partial charge in [0.2, 0.25) is 0 Å². The molecule has 0 amide bonds. The zero-order valence-electron chi connectivity index (χ0n) is 15.8. The molecule has 0 aliphatic carbocycles. The van der Waals surface area contributed by atoms with Gasteiger partial charge in [-0.05, 0) is 38.7 Å². The maximum absolute atomic E-state index is 6.77. The first kappa shape index (κ1) is 20.3. The van der Waals surface area contributed by atoms with Crippen LogP contribution in [0.2, 0.25) is 0 Å². The van der Waals surface area contributed by atoms with Gasteiger partial charge < -0.3 is 9.80 Å². The molecule has 2 atom stereocenters. The van der Waals surface area contributed by atoms with Crippen LogP contribution >= 0.6 is 23.2 Å². The van der Waals surface area contributed by atoms with Gasteiger partial charge in [0.05, 0.1) is 5.69 Å². The second kappa shape index (κ2) is 9.67. The minimum absolute atomic E-state index is 0.771. The Morgan fingerprint density at radius 1 is 0.962 bits per heavy atom. The predicted octanol–water partition coefficient (Wildman–Crippen LogP) is 2.36. The van der Waals surface area contributed by atoms with Crippen LogP contribution < -0.4 is 0 Å². The predicted molar refractivity (Wildman–Crippen MR) is 109 cm³/mol. The van der Waals surface area contributed by atoms with E-state index >= 15 is 0 Å². The van der Waals surface area contributed by atoms with Crippen molar-refractivity contribution in [3.63, 3.8) is 0 Å². The van der Waals surface area contributed by atoms with Crippen molar-refractivity contribution in [2.45, 2.75) is 23.8 Å². The molecule has 7 heteroatoms. The lowest BCUT2D eigenvalue weighted by molar-refractivity contribution is 0.103. The second-order valence-electron chi connectivity index (χ2n) is 7.50. The summed E-state index contributed by atoms with van der Waals surface area (Å²) in [5.41, 5.74) is 1.12. The lowest BCUT2D eigenvalue weighted by atomic mass is 10.2. The van der Waals surface area contributed by atoms with Crippen LogP contribution in [0, 0.1) is 0 Å². The molecule has 1 aromatic heterocycles. The molecule has 0 spiro atoms. The Kier molecular flexibility index (Phi) is 7.55. The molecule has 0 radical (unpaired) electrons. The normalized spacial score (nSPS) is 29.3. The molecule has 2 fully saturated rings. The van der Waals surface area contributed by atoms with E-state index in [0.29, 0.717) is 0 Å². The largest absolute Gasteiger partial charge is 0.305 e. The van der Waals surface area contributed by atoms with Crippen molar-refractivity contribution in [3.8, 4) is 0 Å². The third kappa shape index (κ3) is 6.04. The first-order chi connectivity index (χ1) is 12.5.